The van der Waals surface area contributed by atoms with Crippen molar-refractivity contribution in [1.29, 1.82) is 0 Å². The third kappa shape index (κ3) is 3.94. The first-order valence-electron chi connectivity index (χ1n) is 6.14. The molecule has 0 saturated heterocycles. The number of aromatic carboxylic acids is 1. The molecule has 2 amide bonds. The zero-order valence-corrected chi connectivity index (χ0v) is 13.9. The van der Waals surface area contributed by atoms with E-state index in [0.717, 1.165) is 5.38 Å². The van der Waals surface area contributed by atoms with Crippen LogP contribution in [0.3, 0.4) is 0 Å². The van der Waals surface area contributed by atoms with Gasteiger partial charge in [0.25, 0.3) is 10.0 Å². The Morgan fingerprint density at radius 3 is 2.67 bits per heavy atom. The molecule has 0 unspecified atom stereocenters. The molecule has 2 aromatic rings. The molecule has 0 aliphatic rings. The highest BCUT2D eigenvalue weighted by Gasteiger charge is 2.27. The first kappa shape index (κ1) is 17.6. The zero-order valence-electron chi connectivity index (χ0n) is 12.3. The van der Waals surface area contributed by atoms with Gasteiger partial charge in [0.1, 0.15) is 4.90 Å². The van der Waals surface area contributed by atoms with Gasteiger partial charge in [0.15, 0.2) is 5.69 Å². The molecule has 11 nitrogen and oxygen atoms in total. The molecular weight excluding hydrogens is 362 g/mol. The Morgan fingerprint density at radius 1 is 1.33 bits per heavy atom. The number of amides is 2. The highest BCUT2D eigenvalue weighted by Crippen LogP contribution is 2.17. The SMILES string of the molecule is COc1cc(C)nc(NC(=O)NS(=O)(=O)c2csnc2C(=O)O)n1. The second kappa shape index (κ2) is 6.76. The zero-order chi connectivity index (χ0) is 17.9. The largest absolute Gasteiger partial charge is 0.481 e. The number of hydrogen-bond acceptors (Lipinski definition) is 9. The normalized spacial score (nSPS) is 10.9. The molecule has 0 atom stereocenters. The predicted molar refractivity (Wildman–Crippen MR) is 81.7 cm³/mol. The van der Waals surface area contributed by atoms with Crippen LogP contribution in [0.2, 0.25) is 0 Å². The summed E-state index contributed by atoms with van der Waals surface area (Å²) in [6.07, 6.45) is 0. The minimum atomic E-state index is -4.42. The van der Waals surface area contributed by atoms with Crippen LogP contribution in [0.15, 0.2) is 16.3 Å². The third-order valence-corrected chi connectivity index (χ3v) is 4.64. The smallest absolute Gasteiger partial charge is 0.357 e. The maximum atomic E-state index is 12.1. The van der Waals surface area contributed by atoms with Gasteiger partial charge < -0.3 is 9.84 Å². The van der Waals surface area contributed by atoms with Crippen LogP contribution in [0.4, 0.5) is 10.7 Å². The molecular formula is C11H11N5O6S2. The monoisotopic (exact) mass is 373 g/mol. The van der Waals surface area contributed by atoms with Gasteiger partial charge in [0, 0.05) is 17.1 Å². The van der Waals surface area contributed by atoms with Crippen molar-refractivity contribution in [2.45, 2.75) is 11.8 Å². The summed E-state index contributed by atoms with van der Waals surface area (Å²) in [5.74, 6) is -1.53. The number of nitrogens with one attached hydrogen (secondary N) is 2. The minimum Gasteiger partial charge on any atom is -0.481 e. The van der Waals surface area contributed by atoms with E-state index in [9.17, 15) is 18.0 Å². The predicted octanol–water partition coefficient (Wildman–Crippen LogP) is 0.459. The second-order valence-corrected chi connectivity index (χ2v) is 6.55. The fourth-order valence-corrected chi connectivity index (χ4v) is 3.60. The van der Waals surface area contributed by atoms with Gasteiger partial charge in [-0.3, -0.25) is 5.32 Å². The van der Waals surface area contributed by atoms with Gasteiger partial charge in [-0.2, -0.15) is 9.36 Å². The molecule has 0 radical (unpaired) electrons. The average Bonchev–Trinajstić information content (AvgIpc) is 2.96. The Labute approximate surface area is 139 Å². The minimum absolute atomic E-state index is 0.177. The number of carboxylic acid groups (broad SMARTS) is 1. The summed E-state index contributed by atoms with van der Waals surface area (Å²) >= 11 is 0.636. The first-order valence-corrected chi connectivity index (χ1v) is 8.46. The first-order chi connectivity index (χ1) is 11.2. The Hall–Kier alpha value is -2.80. The number of sulfonamides is 1. The molecule has 13 heteroatoms. The van der Waals surface area contributed by atoms with Gasteiger partial charge >= 0.3 is 12.0 Å². The van der Waals surface area contributed by atoms with Crippen LogP contribution in [-0.4, -0.2) is 47.0 Å². The molecule has 2 heterocycles. The van der Waals surface area contributed by atoms with Crippen LogP contribution in [0.1, 0.15) is 16.2 Å². The maximum absolute atomic E-state index is 12.1. The molecule has 128 valence electrons. The van der Waals surface area contributed by atoms with Crippen LogP contribution in [0.25, 0.3) is 0 Å². The molecule has 2 rings (SSSR count). The standard InChI is InChI=1S/C11H11N5O6S2/c1-5-3-7(22-2)13-10(12-5)14-11(19)16-24(20,21)6-4-23-15-8(6)9(17)18/h3-4H,1-2H3,(H,17,18)(H2,12,13,14,16,19). The van der Waals surface area contributed by atoms with E-state index in [1.54, 1.807) is 11.6 Å². The van der Waals surface area contributed by atoms with Crippen molar-refractivity contribution in [3.8, 4) is 5.88 Å². The van der Waals surface area contributed by atoms with Crippen molar-refractivity contribution in [2.24, 2.45) is 0 Å². The fraction of sp³-hybridized carbons (Fsp3) is 0.182. The number of urea groups is 1. The number of rotatable bonds is 5. The van der Waals surface area contributed by atoms with E-state index in [2.05, 4.69) is 19.7 Å². The number of methoxy groups -OCH3 is 1. The molecule has 3 N–H and O–H groups in total. The Balaban J connectivity index is 2.18. The van der Waals surface area contributed by atoms with E-state index >= 15 is 0 Å². The Bertz CT molecular complexity index is 894. The van der Waals surface area contributed by atoms with Gasteiger partial charge in [-0.15, -0.1) is 0 Å². The van der Waals surface area contributed by atoms with E-state index in [1.165, 1.54) is 13.2 Å². The molecule has 0 aromatic carbocycles. The summed E-state index contributed by atoms with van der Waals surface area (Å²) < 4.78 is 34.2. The van der Waals surface area contributed by atoms with Gasteiger partial charge in [0.05, 0.1) is 7.11 Å². The van der Waals surface area contributed by atoms with Crippen LogP contribution in [-0.2, 0) is 10.0 Å². The number of anilines is 1. The van der Waals surface area contributed by atoms with Crippen LogP contribution in [0, 0.1) is 6.92 Å². The summed E-state index contributed by atoms with van der Waals surface area (Å²) in [5.41, 5.74) is -0.191. The van der Waals surface area contributed by atoms with E-state index in [1.807, 2.05) is 0 Å². The lowest BCUT2D eigenvalue weighted by molar-refractivity contribution is 0.0687. The highest BCUT2D eigenvalue weighted by molar-refractivity contribution is 7.90. The van der Waals surface area contributed by atoms with Crippen molar-refractivity contribution in [2.75, 3.05) is 12.4 Å². The highest BCUT2D eigenvalue weighted by atomic mass is 32.2. The topological polar surface area (TPSA) is 160 Å². The van der Waals surface area contributed by atoms with Crippen molar-refractivity contribution >= 4 is 39.5 Å². The van der Waals surface area contributed by atoms with E-state index < -0.39 is 32.6 Å². The molecule has 2 aromatic heterocycles. The quantitative estimate of drug-likeness (QED) is 0.676. The third-order valence-electron chi connectivity index (χ3n) is 2.52. The van der Waals surface area contributed by atoms with Crippen molar-refractivity contribution in [3.05, 3.63) is 22.8 Å². The van der Waals surface area contributed by atoms with Crippen molar-refractivity contribution < 1.29 is 27.9 Å². The summed E-state index contributed by atoms with van der Waals surface area (Å²) in [6, 6.07) is 0.348. The number of hydrogen-bond donors (Lipinski definition) is 3. The van der Waals surface area contributed by atoms with Crippen LogP contribution >= 0.6 is 11.5 Å². The van der Waals surface area contributed by atoms with Crippen molar-refractivity contribution in [1.82, 2.24) is 19.1 Å². The number of aromatic nitrogens is 3. The van der Waals surface area contributed by atoms with Crippen LogP contribution < -0.4 is 14.8 Å². The van der Waals surface area contributed by atoms with Crippen molar-refractivity contribution in [3.63, 3.8) is 0 Å². The number of ether oxygens (including phenoxy) is 1. The number of nitrogens with zero attached hydrogens (tertiary/aromatic N) is 3. The number of carbonyl (C=O) groups is 2. The van der Waals surface area contributed by atoms with Gasteiger partial charge in [-0.05, 0) is 18.5 Å². The van der Waals surface area contributed by atoms with Gasteiger partial charge in [-0.25, -0.2) is 27.7 Å². The molecule has 0 bridgehead atoms. The van der Waals surface area contributed by atoms with Gasteiger partial charge in [0.2, 0.25) is 11.8 Å². The molecule has 0 saturated carbocycles. The van der Waals surface area contributed by atoms with Gasteiger partial charge in [-0.1, -0.05) is 0 Å². The molecule has 0 fully saturated rings. The summed E-state index contributed by atoms with van der Waals surface area (Å²) in [4.78, 5) is 29.9. The molecule has 0 aliphatic carbocycles. The lowest BCUT2D eigenvalue weighted by atomic mass is 10.4. The number of carboxylic acids is 1. The average molecular weight is 373 g/mol. The maximum Gasteiger partial charge on any atom is 0.357 e. The summed E-state index contributed by atoms with van der Waals surface area (Å²) in [5, 5.41) is 12.0. The lowest BCUT2D eigenvalue weighted by Crippen LogP contribution is -2.35. The van der Waals surface area contributed by atoms with Crippen LogP contribution in [0.5, 0.6) is 5.88 Å². The molecule has 24 heavy (non-hydrogen) atoms. The Morgan fingerprint density at radius 2 is 2.04 bits per heavy atom. The number of aryl methyl sites for hydroxylation is 1. The number of carbonyl (C=O) groups excluding carboxylic acids is 1. The fourth-order valence-electron chi connectivity index (χ4n) is 1.57. The van der Waals surface area contributed by atoms with E-state index in [4.69, 9.17) is 9.84 Å². The second-order valence-electron chi connectivity index (χ2n) is 4.27. The van der Waals surface area contributed by atoms with E-state index in [0.29, 0.717) is 17.2 Å². The molecule has 0 aliphatic heterocycles. The van der Waals surface area contributed by atoms with E-state index in [-0.39, 0.29) is 11.8 Å². The lowest BCUT2D eigenvalue weighted by Gasteiger charge is -2.08. The Kier molecular flexibility index (Phi) is 4.94. The summed E-state index contributed by atoms with van der Waals surface area (Å²) in [7, 11) is -3.05. The molecule has 0 spiro atoms. The summed E-state index contributed by atoms with van der Waals surface area (Å²) in [6.45, 7) is 1.63.